The van der Waals surface area contributed by atoms with Crippen molar-refractivity contribution in [2.75, 3.05) is 18.4 Å². The molecule has 226 valence electrons. The molecule has 0 saturated carbocycles. The van der Waals surface area contributed by atoms with E-state index in [1.165, 1.54) is 0 Å². The number of amides is 4. The number of fused-ring (bicyclic) bond motifs is 1. The summed E-state index contributed by atoms with van der Waals surface area (Å²) in [6.07, 6.45) is 2.63. The van der Waals surface area contributed by atoms with Crippen LogP contribution in [0.2, 0.25) is 5.02 Å². The Kier molecular flexibility index (Phi) is 10.6. The van der Waals surface area contributed by atoms with E-state index in [0.717, 1.165) is 36.1 Å². The van der Waals surface area contributed by atoms with Crippen molar-refractivity contribution in [3.63, 3.8) is 0 Å². The number of rotatable bonds is 10. The third kappa shape index (κ3) is 7.50. The van der Waals surface area contributed by atoms with Crippen LogP contribution in [0.15, 0.2) is 42.5 Å². The van der Waals surface area contributed by atoms with Gasteiger partial charge in [0, 0.05) is 49.1 Å². The van der Waals surface area contributed by atoms with E-state index < -0.39 is 23.9 Å². The van der Waals surface area contributed by atoms with Crippen LogP contribution in [-0.2, 0) is 32.1 Å². The van der Waals surface area contributed by atoms with Crippen LogP contribution < -0.4 is 16.4 Å². The summed E-state index contributed by atoms with van der Waals surface area (Å²) in [6, 6.07) is 11.4. The molecule has 1 unspecified atom stereocenters. The minimum atomic E-state index is -0.891. The molecule has 3 atom stereocenters. The maximum absolute atomic E-state index is 13.7. The summed E-state index contributed by atoms with van der Waals surface area (Å²) in [4.78, 5) is 57.0. The summed E-state index contributed by atoms with van der Waals surface area (Å²) in [5.41, 5.74) is 9.11. The lowest BCUT2D eigenvalue weighted by atomic mass is 9.92. The van der Waals surface area contributed by atoms with E-state index in [1.54, 1.807) is 23.1 Å². The van der Waals surface area contributed by atoms with Gasteiger partial charge in [0.2, 0.25) is 23.6 Å². The number of carbonyl (C=O) groups excluding carboxylic acids is 4. The van der Waals surface area contributed by atoms with E-state index >= 15 is 0 Å². The monoisotopic (exact) mass is 595 g/mol. The Morgan fingerprint density at radius 1 is 1.02 bits per heavy atom. The molecule has 0 radical (unpaired) electrons. The fraction of sp³-hybridized carbons (Fsp3) is 0.500. The standard InChI is InChI=1S/C32H42ClN5O4/c1-20(2)27-9-6-16-37(27)29(39)12-13-30(40)38-19-23-8-5-4-7-22(23)18-28(38)32(42)36-26(14-15-34)31(41)35-24-10-11-25(33)21(3)17-24/h4-5,7-8,10-11,17,20,26-28H,6,9,12-16,18-19,34H2,1-3H3,(H,35,41)(H,36,42)/t26-,27?,28-/m0/s1. The molecule has 2 aliphatic rings. The highest BCUT2D eigenvalue weighted by Crippen LogP contribution is 2.27. The van der Waals surface area contributed by atoms with Gasteiger partial charge >= 0.3 is 0 Å². The molecule has 2 aromatic rings. The Hall–Kier alpha value is -3.43. The van der Waals surface area contributed by atoms with Crippen LogP contribution >= 0.6 is 11.6 Å². The van der Waals surface area contributed by atoms with E-state index in [4.69, 9.17) is 17.3 Å². The molecule has 2 heterocycles. The van der Waals surface area contributed by atoms with Gasteiger partial charge in [0.25, 0.3) is 0 Å². The van der Waals surface area contributed by atoms with Gasteiger partial charge in [-0.05, 0) is 73.5 Å². The number of hydrogen-bond acceptors (Lipinski definition) is 5. The zero-order valence-corrected chi connectivity index (χ0v) is 25.5. The molecular formula is C32H42ClN5O4. The quantitative estimate of drug-likeness (QED) is 0.385. The molecule has 0 bridgehead atoms. The molecule has 0 aliphatic carbocycles. The lowest BCUT2D eigenvalue weighted by Gasteiger charge is -2.37. The Labute approximate surface area is 253 Å². The first-order chi connectivity index (χ1) is 20.1. The van der Waals surface area contributed by atoms with Crippen molar-refractivity contribution in [3.05, 3.63) is 64.2 Å². The fourth-order valence-electron chi connectivity index (χ4n) is 5.97. The summed E-state index contributed by atoms with van der Waals surface area (Å²) in [7, 11) is 0. The number of nitrogens with two attached hydrogens (primary N) is 1. The molecule has 2 aliphatic heterocycles. The van der Waals surface area contributed by atoms with Crippen molar-refractivity contribution in [1.82, 2.24) is 15.1 Å². The Morgan fingerprint density at radius 2 is 1.71 bits per heavy atom. The number of anilines is 1. The second kappa shape index (κ2) is 14.2. The summed E-state index contributed by atoms with van der Waals surface area (Å²) >= 11 is 6.11. The van der Waals surface area contributed by atoms with E-state index in [1.807, 2.05) is 36.1 Å². The molecule has 10 heteroatoms. The highest BCUT2D eigenvalue weighted by Gasteiger charge is 2.37. The highest BCUT2D eigenvalue weighted by molar-refractivity contribution is 6.31. The molecule has 2 aromatic carbocycles. The van der Waals surface area contributed by atoms with Crippen molar-refractivity contribution >= 4 is 40.9 Å². The maximum Gasteiger partial charge on any atom is 0.246 e. The zero-order valence-electron chi connectivity index (χ0n) is 24.7. The minimum Gasteiger partial charge on any atom is -0.342 e. The van der Waals surface area contributed by atoms with Crippen LogP contribution in [0.25, 0.3) is 0 Å². The number of halogens is 1. The number of benzene rings is 2. The number of carbonyl (C=O) groups is 4. The van der Waals surface area contributed by atoms with Crippen molar-refractivity contribution in [2.45, 2.75) is 84.0 Å². The molecule has 0 spiro atoms. The number of nitrogens with zero attached hydrogens (tertiary/aromatic N) is 2. The third-order valence-electron chi connectivity index (χ3n) is 8.33. The molecule has 4 amide bonds. The highest BCUT2D eigenvalue weighted by atomic mass is 35.5. The van der Waals surface area contributed by atoms with Gasteiger partial charge in [0.15, 0.2) is 0 Å². The van der Waals surface area contributed by atoms with Gasteiger partial charge in [0.1, 0.15) is 12.1 Å². The molecule has 0 aromatic heterocycles. The summed E-state index contributed by atoms with van der Waals surface area (Å²) in [5.74, 6) is -0.740. The van der Waals surface area contributed by atoms with Crippen LogP contribution in [0.1, 0.15) is 62.6 Å². The molecule has 4 rings (SSSR count). The predicted molar refractivity (Wildman–Crippen MR) is 164 cm³/mol. The van der Waals surface area contributed by atoms with Crippen molar-refractivity contribution in [3.8, 4) is 0 Å². The maximum atomic E-state index is 13.7. The normalized spacial score (nSPS) is 18.9. The van der Waals surface area contributed by atoms with Gasteiger partial charge in [0.05, 0.1) is 0 Å². The number of nitrogens with one attached hydrogen (secondary N) is 2. The first-order valence-electron chi connectivity index (χ1n) is 14.8. The third-order valence-corrected chi connectivity index (χ3v) is 8.75. The largest absolute Gasteiger partial charge is 0.342 e. The summed E-state index contributed by atoms with van der Waals surface area (Å²) < 4.78 is 0. The Bertz CT molecular complexity index is 1320. The SMILES string of the molecule is Cc1cc(NC(=O)[C@H](CCN)NC(=O)[C@@H]2Cc3ccccc3CN2C(=O)CCC(=O)N2CCCC2C(C)C)ccc1Cl. The van der Waals surface area contributed by atoms with Gasteiger partial charge in [-0.2, -0.15) is 0 Å². The smallest absolute Gasteiger partial charge is 0.246 e. The van der Waals surface area contributed by atoms with Crippen molar-refractivity contribution < 1.29 is 19.2 Å². The number of likely N-dealkylation sites (tertiary alicyclic amines) is 1. The average Bonchev–Trinajstić information content (AvgIpc) is 3.47. The van der Waals surface area contributed by atoms with E-state index in [0.29, 0.717) is 23.0 Å². The summed E-state index contributed by atoms with van der Waals surface area (Å²) in [5, 5.41) is 6.27. The van der Waals surface area contributed by atoms with Crippen LogP contribution in [0.5, 0.6) is 0 Å². The molecular weight excluding hydrogens is 554 g/mol. The Balaban J connectivity index is 1.47. The molecule has 1 fully saturated rings. The first kappa shape index (κ1) is 31.5. The van der Waals surface area contributed by atoms with Gasteiger partial charge in [-0.25, -0.2) is 0 Å². The summed E-state index contributed by atoms with van der Waals surface area (Å²) in [6.45, 7) is 7.24. The lowest BCUT2D eigenvalue weighted by Crippen LogP contribution is -2.56. The minimum absolute atomic E-state index is 0.0184. The molecule has 1 saturated heterocycles. The van der Waals surface area contributed by atoms with Crippen LogP contribution in [0, 0.1) is 12.8 Å². The number of hydrogen-bond donors (Lipinski definition) is 3. The van der Waals surface area contributed by atoms with Gasteiger partial charge < -0.3 is 26.2 Å². The fourth-order valence-corrected chi connectivity index (χ4v) is 6.09. The molecule has 42 heavy (non-hydrogen) atoms. The Morgan fingerprint density at radius 3 is 2.38 bits per heavy atom. The van der Waals surface area contributed by atoms with Crippen molar-refractivity contribution in [1.29, 1.82) is 0 Å². The van der Waals surface area contributed by atoms with E-state index in [-0.39, 0.29) is 50.2 Å². The van der Waals surface area contributed by atoms with Gasteiger partial charge in [-0.15, -0.1) is 0 Å². The number of aryl methyl sites for hydroxylation is 1. The lowest BCUT2D eigenvalue weighted by molar-refractivity contribution is -0.144. The predicted octanol–water partition coefficient (Wildman–Crippen LogP) is 3.80. The topological polar surface area (TPSA) is 125 Å². The molecule has 9 nitrogen and oxygen atoms in total. The van der Waals surface area contributed by atoms with E-state index in [2.05, 4.69) is 24.5 Å². The van der Waals surface area contributed by atoms with E-state index in [9.17, 15) is 19.2 Å². The second-order valence-corrected chi connectivity index (χ2v) is 12.0. The van der Waals surface area contributed by atoms with Gasteiger partial charge in [-0.3, -0.25) is 19.2 Å². The van der Waals surface area contributed by atoms with Gasteiger partial charge in [-0.1, -0.05) is 49.7 Å². The van der Waals surface area contributed by atoms with Crippen LogP contribution in [-0.4, -0.2) is 64.6 Å². The second-order valence-electron chi connectivity index (χ2n) is 11.6. The van der Waals surface area contributed by atoms with Crippen LogP contribution in [0.3, 0.4) is 0 Å². The zero-order chi connectivity index (χ0) is 30.4. The van der Waals surface area contributed by atoms with Crippen molar-refractivity contribution in [2.24, 2.45) is 11.7 Å². The van der Waals surface area contributed by atoms with Crippen LogP contribution in [0.4, 0.5) is 5.69 Å². The average molecular weight is 596 g/mol. The molecule has 4 N–H and O–H groups in total. The first-order valence-corrected chi connectivity index (χ1v) is 15.2.